The highest BCUT2D eigenvalue weighted by Gasteiger charge is 2.23. The Balaban J connectivity index is 2.11. The summed E-state index contributed by atoms with van der Waals surface area (Å²) in [5, 5.41) is 0. The van der Waals surface area contributed by atoms with Gasteiger partial charge in [0, 0.05) is 13.6 Å². The summed E-state index contributed by atoms with van der Waals surface area (Å²) in [5.74, 6) is 0.496. The molecule has 0 fully saturated rings. The number of para-hydroxylation sites is 1. The number of benzene rings is 2. The quantitative estimate of drug-likeness (QED) is 0.695. The molecule has 2 rings (SSSR count). The third-order valence-corrected chi connectivity index (χ3v) is 5.27. The monoisotopic (exact) mass is 390 g/mol. The molecule has 0 spiro atoms. The molecule has 0 N–H and O–H groups in total. The Bertz CT molecular complexity index is 879. The van der Waals surface area contributed by atoms with E-state index in [9.17, 15) is 13.2 Å². The molecule has 0 radical (unpaired) electrons. The highest BCUT2D eigenvalue weighted by Crippen LogP contribution is 2.22. The van der Waals surface area contributed by atoms with E-state index in [1.165, 1.54) is 4.90 Å². The molecule has 0 aromatic heterocycles. The number of carbonyl (C=O) groups excluding carboxylic acids is 1. The molecule has 0 saturated carbocycles. The Kier molecular flexibility index (Phi) is 6.85. The van der Waals surface area contributed by atoms with Crippen molar-refractivity contribution in [3.8, 4) is 5.75 Å². The van der Waals surface area contributed by atoms with Gasteiger partial charge in [0.15, 0.2) is 0 Å². The summed E-state index contributed by atoms with van der Waals surface area (Å²) >= 11 is 0. The van der Waals surface area contributed by atoms with Gasteiger partial charge in [-0.15, -0.1) is 0 Å². The molecule has 7 heteroatoms. The fourth-order valence-corrected chi connectivity index (χ4v) is 3.59. The topological polar surface area (TPSA) is 66.9 Å². The van der Waals surface area contributed by atoms with Crippen molar-refractivity contribution in [2.24, 2.45) is 0 Å². The molecule has 0 bridgehead atoms. The lowest BCUT2D eigenvalue weighted by Crippen LogP contribution is -2.41. The maximum absolute atomic E-state index is 12.7. The summed E-state index contributed by atoms with van der Waals surface area (Å²) < 4.78 is 31.0. The lowest BCUT2D eigenvalue weighted by atomic mass is 10.2. The van der Waals surface area contributed by atoms with Crippen molar-refractivity contribution in [3.63, 3.8) is 0 Å². The Morgan fingerprint density at radius 2 is 1.70 bits per heavy atom. The number of aryl methyl sites for hydroxylation is 1. The molecule has 0 aliphatic carbocycles. The van der Waals surface area contributed by atoms with Crippen molar-refractivity contribution in [1.82, 2.24) is 4.90 Å². The molecule has 6 nitrogen and oxygen atoms in total. The molecular formula is C20H26N2O4S. The summed E-state index contributed by atoms with van der Waals surface area (Å²) in [4.78, 5) is 14.2. The smallest absolute Gasteiger partial charge is 0.243 e. The van der Waals surface area contributed by atoms with Gasteiger partial charge in [-0.3, -0.25) is 9.10 Å². The Morgan fingerprint density at radius 1 is 1.07 bits per heavy atom. The van der Waals surface area contributed by atoms with Crippen LogP contribution in [0, 0.1) is 6.92 Å². The summed E-state index contributed by atoms with van der Waals surface area (Å²) in [7, 11) is -1.92. The van der Waals surface area contributed by atoms with Crippen LogP contribution >= 0.6 is 0 Å². The van der Waals surface area contributed by atoms with Crippen LogP contribution in [0.2, 0.25) is 0 Å². The molecule has 2 aromatic rings. The van der Waals surface area contributed by atoms with Gasteiger partial charge in [-0.2, -0.15) is 0 Å². The number of hydrogen-bond acceptors (Lipinski definition) is 4. The van der Waals surface area contributed by atoms with E-state index in [0.717, 1.165) is 27.4 Å². The second-order valence-electron chi connectivity index (χ2n) is 6.38. The minimum absolute atomic E-state index is 0.239. The normalized spacial score (nSPS) is 11.1. The van der Waals surface area contributed by atoms with Crippen LogP contribution in [0.3, 0.4) is 0 Å². The first kappa shape index (κ1) is 20.8. The van der Waals surface area contributed by atoms with Crippen molar-refractivity contribution in [1.29, 1.82) is 0 Å². The van der Waals surface area contributed by atoms with E-state index in [-0.39, 0.29) is 12.5 Å². The zero-order valence-electron chi connectivity index (χ0n) is 16.2. The largest absolute Gasteiger partial charge is 0.494 e. The fraction of sp³-hybridized carbons (Fsp3) is 0.350. The zero-order valence-corrected chi connectivity index (χ0v) is 17.0. The predicted molar refractivity (Wildman–Crippen MR) is 107 cm³/mol. The van der Waals surface area contributed by atoms with Gasteiger partial charge in [0.2, 0.25) is 15.9 Å². The molecular weight excluding hydrogens is 364 g/mol. The fourth-order valence-electron chi connectivity index (χ4n) is 2.69. The van der Waals surface area contributed by atoms with Crippen LogP contribution in [0.4, 0.5) is 5.69 Å². The van der Waals surface area contributed by atoms with Gasteiger partial charge in [0.25, 0.3) is 0 Å². The third-order valence-electron chi connectivity index (χ3n) is 4.14. The highest BCUT2D eigenvalue weighted by atomic mass is 32.2. The molecule has 2 aromatic carbocycles. The minimum Gasteiger partial charge on any atom is -0.494 e. The lowest BCUT2D eigenvalue weighted by molar-refractivity contribution is -0.128. The first-order chi connectivity index (χ1) is 12.7. The van der Waals surface area contributed by atoms with Crippen LogP contribution in [-0.4, -0.2) is 45.7 Å². The average Bonchev–Trinajstić information content (AvgIpc) is 2.61. The third kappa shape index (κ3) is 5.72. The molecule has 0 heterocycles. The van der Waals surface area contributed by atoms with E-state index in [0.29, 0.717) is 18.8 Å². The molecule has 0 unspecified atom stereocenters. The van der Waals surface area contributed by atoms with E-state index < -0.39 is 10.0 Å². The van der Waals surface area contributed by atoms with Crippen LogP contribution in [-0.2, 0) is 21.4 Å². The molecule has 0 aliphatic rings. The Labute approximate surface area is 161 Å². The van der Waals surface area contributed by atoms with Crippen LogP contribution in [0.1, 0.15) is 18.1 Å². The van der Waals surface area contributed by atoms with Crippen LogP contribution in [0.15, 0.2) is 48.5 Å². The maximum atomic E-state index is 12.7. The number of sulfonamides is 1. The van der Waals surface area contributed by atoms with Crippen molar-refractivity contribution >= 4 is 21.6 Å². The van der Waals surface area contributed by atoms with Crippen LogP contribution in [0.5, 0.6) is 5.75 Å². The van der Waals surface area contributed by atoms with Gasteiger partial charge in [0.1, 0.15) is 12.3 Å². The van der Waals surface area contributed by atoms with Crippen molar-refractivity contribution in [3.05, 3.63) is 59.7 Å². The summed E-state index contributed by atoms with van der Waals surface area (Å²) in [5.41, 5.74) is 2.25. The van der Waals surface area contributed by atoms with Crippen molar-refractivity contribution in [2.45, 2.75) is 20.4 Å². The lowest BCUT2D eigenvalue weighted by Gasteiger charge is -2.26. The molecule has 0 saturated heterocycles. The first-order valence-corrected chi connectivity index (χ1v) is 10.6. The van der Waals surface area contributed by atoms with Crippen molar-refractivity contribution in [2.75, 3.05) is 30.8 Å². The number of rotatable bonds is 8. The number of nitrogens with zero attached hydrogens (tertiary/aromatic N) is 2. The summed E-state index contributed by atoms with van der Waals surface area (Å²) in [6.45, 7) is 4.48. The van der Waals surface area contributed by atoms with E-state index >= 15 is 0 Å². The Hall–Kier alpha value is -2.54. The van der Waals surface area contributed by atoms with Gasteiger partial charge in [0.05, 0.1) is 18.6 Å². The molecule has 0 atom stereocenters. The number of anilines is 1. The number of carbonyl (C=O) groups is 1. The van der Waals surface area contributed by atoms with Gasteiger partial charge in [-0.1, -0.05) is 30.3 Å². The second kappa shape index (κ2) is 8.90. The number of amides is 1. The SMILES string of the molecule is CCOc1ccc(CN(C)C(=O)CN(c2ccccc2C)S(C)(=O)=O)cc1. The first-order valence-electron chi connectivity index (χ1n) is 8.71. The van der Waals surface area contributed by atoms with Gasteiger partial charge in [-0.25, -0.2) is 8.42 Å². The van der Waals surface area contributed by atoms with Gasteiger partial charge < -0.3 is 9.64 Å². The van der Waals surface area contributed by atoms with Gasteiger partial charge in [-0.05, 0) is 43.2 Å². The standard InChI is InChI=1S/C20H26N2O4S/c1-5-26-18-12-10-17(11-13-18)14-21(3)20(23)15-22(27(4,24)25)19-9-7-6-8-16(19)2/h6-13H,5,14-15H2,1-4H3. The zero-order chi connectivity index (χ0) is 20.0. The second-order valence-corrected chi connectivity index (χ2v) is 8.29. The van der Waals surface area contributed by atoms with Gasteiger partial charge >= 0.3 is 0 Å². The maximum Gasteiger partial charge on any atom is 0.243 e. The Morgan fingerprint density at radius 3 is 2.26 bits per heavy atom. The molecule has 27 heavy (non-hydrogen) atoms. The van der Waals surface area contributed by atoms with Crippen LogP contribution < -0.4 is 9.04 Å². The van der Waals surface area contributed by atoms with E-state index in [1.54, 1.807) is 19.2 Å². The van der Waals surface area contributed by atoms with E-state index in [2.05, 4.69) is 0 Å². The molecule has 1 amide bonds. The predicted octanol–water partition coefficient (Wildman–Crippen LogP) is 2.82. The molecule has 146 valence electrons. The number of likely N-dealkylation sites (N-methyl/N-ethyl adjacent to an activating group) is 1. The average molecular weight is 391 g/mol. The van der Waals surface area contributed by atoms with E-state index in [4.69, 9.17) is 4.74 Å². The summed E-state index contributed by atoms with van der Waals surface area (Å²) in [6, 6.07) is 14.6. The number of ether oxygens (including phenoxy) is 1. The van der Waals surface area contributed by atoms with Crippen molar-refractivity contribution < 1.29 is 17.9 Å². The van der Waals surface area contributed by atoms with Crippen LogP contribution in [0.25, 0.3) is 0 Å². The number of hydrogen-bond donors (Lipinski definition) is 0. The van der Waals surface area contributed by atoms with E-state index in [1.807, 2.05) is 50.2 Å². The highest BCUT2D eigenvalue weighted by molar-refractivity contribution is 7.92. The summed E-state index contributed by atoms with van der Waals surface area (Å²) in [6.07, 6.45) is 1.11. The minimum atomic E-state index is -3.58. The molecule has 0 aliphatic heterocycles.